The van der Waals surface area contributed by atoms with E-state index in [9.17, 15) is 0 Å². The molecule has 0 spiro atoms. The molecule has 2 heteroatoms. The van der Waals surface area contributed by atoms with Gasteiger partial charge in [0.15, 0.2) is 0 Å². The molecule has 0 aliphatic carbocycles. The van der Waals surface area contributed by atoms with Crippen LogP contribution in [0.3, 0.4) is 0 Å². The zero-order chi connectivity index (χ0) is 6.41. The molecule has 0 aliphatic heterocycles. The minimum atomic E-state index is 0.279. The Labute approximate surface area is 51.0 Å². The quantitative estimate of drug-likeness (QED) is 0.552. The minimum Gasteiger partial charge on any atom is -0.382 e. The van der Waals surface area contributed by atoms with E-state index in [0.717, 1.165) is 19.6 Å². The van der Waals surface area contributed by atoms with Gasteiger partial charge in [0.2, 0.25) is 0 Å². The van der Waals surface area contributed by atoms with Gasteiger partial charge in [-0.1, -0.05) is 0 Å². The second kappa shape index (κ2) is 5.06. The average molecular weight is 117 g/mol. The Bertz CT molecular complexity index is 45.8. The molecule has 2 nitrogen and oxygen atoms in total. The van der Waals surface area contributed by atoms with Crippen LogP contribution in [0.5, 0.6) is 0 Å². The summed E-state index contributed by atoms with van der Waals surface area (Å²) in [5.41, 5.74) is 5.45. The van der Waals surface area contributed by atoms with E-state index in [4.69, 9.17) is 10.5 Å². The van der Waals surface area contributed by atoms with Crippen molar-refractivity contribution < 1.29 is 4.74 Å². The summed E-state index contributed by atoms with van der Waals surface area (Å²) in [6, 6.07) is 0.279. The van der Waals surface area contributed by atoms with Gasteiger partial charge in [-0.15, -0.1) is 0 Å². The van der Waals surface area contributed by atoms with Gasteiger partial charge in [-0.05, 0) is 20.3 Å². The van der Waals surface area contributed by atoms with Gasteiger partial charge >= 0.3 is 0 Å². The summed E-state index contributed by atoms with van der Waals surface area (Å²) in [6.45, 7) is 5.57. The lowest BCUT2D eigenvalue weighted by Crippen LogP contribution is -2.17. The van der Waals surface area contributed by atoms with Crippen LogP contribution in [0.25, 0.3) is 0 Å². The molecule has 0 amide bonds. The fourth-order valence-corrected chi connectivity index (χ4v) is 0.414. The molecule has 0 aromatic heterocycles. The van der Waals surface area contributed by atoms with Crippen LogP contribution in [0, 0.1) is 0 Å². The molecule has 8 heavy (non-hydrogen) atoms. The molecule has 0 heterocycles. The molecule has 0 rings (SSSR count). The lowest BCUT2D eigenvalue weighted by atomic mass is 10.3. The standard InChI is InChI=1S/C6H15NO/c1-3-8-5-4-6(2)7/h6H,3-5,7H2,1-2H3/t6-/m1/s1. The maximum Gasteiger partial charge on any atom is 0.0480 e. The summed E-state index contributed by atoms with van der Waals surface area (Å²) in [5.74, 6) is 0. The predicted octanol–water partition coefficient (Wildman–Crippen LogP) is 0.760. The van der Waals surface area contributed by atoms with Crippen molar-refractivity contribution >= 4 is 0 Å². The zero-order valence-electron chi connectivity index (χ0n) is 5.68. The molecule has 1 atom stereocenters. The van der Waals surface area contributed by atoms with Crippen molar-refractivity contribution in [2.75, 3.05) is 13.2 Å². The van der Waals surface area contributed by atoms with E-state index in [-0.39, 0.29) is 6.04 Å². The number of ether oxygens (including phenoxy) is 1. The van der Waals surface area contributed by atoms with E-state index in [2.05, 4.69) is 0 Å². The fraction of sp³-hybridized carbons (Fsp3) is 1.00. The SMILES string of the molecule is CCOCC[C@@H](C)N. The van der Waals surface area contributed by atoms with Gasteiger partial charge in [0, 0.05) is 19.3 Å². The average Bonchev–Trinajstić information content (AvgIpc) is 1.66. The van der Waals surface area contributed by atoms with E-state index in [1.807, 2.05) is 13.8 Å². The summed E-state index contributed by atoms with van der Waals surface area (Å²) in [7, 11) is 0. The van der Waals surface area contributed by atoms with Crippen LogP contribution in [0.15, 0.2) is 0 Å². The van der Waals surface area contributed by atoms with Gasteiger partial charge in [-0.3, -0.25) is 0 Å². The number of hydrogen-bond acceptors (Lipinski definition) is 2. The Morgan fingerprint density at radius 1 is 1.62 bits per heavy atom. The van der Waals surface area contributed by atoms with Crippen molar-refractivity contribution in [2.45, 2.75) is 26.3 Å². The van der Waals surface area contributed by atoms with Gasteiger partial charge in [-0.2, -0.15) is 0 Å². The first-order valence-electron chi connectivity index (χ1n) is 3.10. The van der Waals surface area contributed by atoms with Gasteiger partial charge in [0.1, 0.15) is 0 Å². The molecule has 0 aromatic rings. The van der Waals surface area contributed by atoms with Crippen LogP contribution in [0.1, 0.15) is 20.3 Å². The van der Waals surface area contributed by atoms with Crippen molar-refractivity contribution in [3.05, 3.63) is 0 Å². The van der Waals surface area contributed by atoms with Gasteiger partial charge < -0.3 is 10.5 Å². The molecular formula is C6H15NO. The molecule has 2 N–H and O–H groups in total. The maximum absolute atomic E-state index is 5.45. The molecule has 0 unspecified atom stereocenters. The van der Waals surface area contributed by atoms with Gasteiger partial charge in [0.25, 0.3) is 0 Å². The molecule has 0 bridgehead atoms. The second-order valence-corrected chi connectivity index (χ2v) is 1.96. The van der Waals surface area contributed by atoms with Gasteiger partial charge in [0.05, 0.1) is 0 Å². The van der Waals surface area contributed by atoms with Crippen LogP contribution in [0.4, 0.5) is 0 Å². The Morgan fingerprint density at radius 3 is 2.62 bits per heavy atom. The highest BCUT2D eigenvalue weighted by molar-refractivity contribution is 4.49. The minimum absolute atomic E-state index is 0.279. The normalized spacial score (nSPS) is 13.9. The molecule has 50 valence electrons. The van der Waals surface area contributed by atoms with Crippen molar-refractivity contribution in [3.8, 4) is 0 Å². The van der Waals surface area contributed by atoms with E-state index >= 15 is 0 Å². The fourth-order valence-electron chi connectivity index (χ4n) is 0.414. The molecule has 0 fully saturated rings. The van der Waals surface area contributed by atoms with Crippen LogP contribution in [-0.4, -0.2) is 19.3 Å². The Kier molecular flexibility index (Phi) is 5.01. The number of nitrogens with two attached hydrogens (primary N) is 1. The highest BCUT2D eigenvalue weighted by Crippen LogP contribution is 1.85. The molecule has 0 aliphatic rings. The van der Waals surface area contributed by atoms with Crippen LogP contribution in [0.2, 0.25) is 0 Å². The lowest BCUT2D eigenvalue weighted by Gasteiger charge is -2.02. The third-order valence-electron chi connectivity index (χ3n) is 0.922. The van der Waals surface area contributed by atoms with Crippen LogP contribution < -0.4 is 5.73 Å². The third-order valence-corrected chi connectivity index (χ3v) is 0.922. The number of hydrogen-bond donors (Lipinski definition) is 1. The summed E-state index contributed by atoms with van der Waals surface area (Å²) in [6.07, 6.45) is 0.966. The largest absolute Gasteiger partial charge is 0.382 e. The molecule has 0 saturated carbocycles. The molecule has 0 saturated heterocycles. The zero-order valence-corrected chi connectivity index (χ0v) is 5.68. The predicted molar refractivity (Wildman–Crippen MR) is 34.8 cm³/mol. The smallest absolute Gasteiger partial charge is 0.0480 e. The lowest BCUT2D eigenvalue weighted by molar-refractivity contribution is 0.141. The summed E-state index contributed by atoms with van der Waals surface area (Å²) in [5, 5.41) is 0. The summed E-state index contributed by atoms with van der Waals surface area (Å²) < 4.78 is 5.06. The molecule has 0 aromatic carbocycles. The first-order valence-corrected chi connectivity index (χ1v) is 3.10. The first kappa shape index (κ1) is 7.92. The van der Waals surface area contributed by atoms with Crippen LogP contribution in [-0.2, 0) is 4.74 Å². The van der Waals surface area contributed by atoms with Crippen molar-refractivity contribution in [1.29, 1.82) is 0 Å². The van der Waals surface area contributed by atoms with E-state index < -0.39 is 0 Å². The first-order chi connectivity index (χ1) is 3.77. The van der Waals surface area contributed by atoms with E-state index in [1.165, 1.54) is 0 Å². The summed E-state index contributed by atoms with van der Waals surface area (Å²) in [4.78, 5) is 0. The Morgan fingerprint density at radius 2 is 2.25 bits per heavy atom. The maximum atomic E-state index is 5.45. The summed E-state index contributed by atoms with van der Waals surface area (Å²) >= 11 is 0. The Hall–Kier alpha value is -0.0800. The van der Waals surface area contributed by atoms with Crippen molar-refractivity contribution in [3.63, 3.8) is 0 Å². The third kappa shape index (κ3) is 5.92. The van der Waals surface area contributed by atoms with E-state index in [1.54, 1.807) is 0 Å². The number of rotatable bonds is 4. The Balaban J connectivity index is 2.72. The topological polar surface area (TPSA) is 35.2 Å². The van der Waals surface area contributed by atoms with E-state index in [0.29, 0.717) is 0 Å². The van der Waals surface area contributed by atoms with Gasteiger partial charge in [-0.25, -0.2) is 0 Å². The highest BCUT2D eigenvalue weighted by atomic mass is 16.5. The monoisotopic (exact) mass is 117 g/mol. The second-order valence-electron chi connectivity index (χ2n) is 1.96. The van der Waals surface area contributed by atoms with Crippen molar-refractivity contribution in [2.24, 2.45) is 5.73 Å². The molecule has 0 radical (unpaired) electrons. The molecular weight excluding hydrogens is 102 g/mol. The van der Waals surface area contributed by atoms with Crippen molar-refractivity contribution in [1.82, 2.24) is 0 Å². The highest BCUT2D eigenvalue weighted by Gasteiger charge is 1.90. The van der Waals surface area contributed by atoms with Crippen LogP contribution >= 0.6 is 0 Å².